The predicted octanol–water partition coefficient (Wildman–Crippen LogP) is 2.68. The van der Waals surface area contributed by atoms with Gasteiger partial charge in [-0.05, 0) is 31.2 Å². The van der Waals surface area contributed by atoms with Crippen LogP contribution in [0.2, 0.25) is 0 Å². The fourth-order valence-electron chi connectivity index (χ4n) is 1.51. The van der Waals surface area contributed by atoms with E-state index in [2.05, 4.69) is 0 Å². The van der Waals surface area contributed by atoms with Gasteiger partial charge in [-0.3, -0.25) is 4.79 Å². The molecule has 0 saturated heterocycles. The number of halogens is 1. The van der Waals surface area contributed by atoms with Crippen LogP contribution in [0.1, 0.15) is 12.7 Å². The highest BCUT2D eigenvalue weighted by atomic mass is 19.1. The normalized spacial score (nSPS) is 10.6. The number of hydrogen-bond acceptors (Lipinski definition) is 3. The lowest BCUT2D eigenvalue weighted by atomic mass is 10.2. The Morgan fingerprint density at radius 2 is 2.25 bits per heavy atom. The topological polar surface area (TPSA) is 39.4 Å². The van der Waals surface area contributed by atoms with Gasteiger partial charge in [0.25, 0.3) is 0 Å². The van der Waals surface area contributed by atoms with Crippen molar-refractivity contribution in [3.05, 3.63) is 35.8 Å². The van der Waals surface area contributed by atoms with Crippen LogP contribution in [0.15, 0.2) is 28.7 Å². The minimum atomic E-state index is -0.345. The van der Waals surface area contributed by atoms with Crippen LogP contribution in [0.5, 0.6) is 0 Å². The summed E-state index contributed by atoms with van der Waals surface area (Å²) < 4.78 is 23.1. The summed E-state index contributed by atoms with van der Waals surface area (Å²) in [7, 11) is 0. The zero-order valence-corrected chi connectivity index (χ0v) is 8.83. The third kappa shape index (κ3) is 2.21. The van der Waals surface area contributed by atoms with E-state index in [0.29, 0.717) is 23.3 Å². The molecule has 0 fully saturated rings. The largest absolute Gasteiger partial charge is 0.466 e. The van der Waals surface area contributed by atoms with Crippen LogP contribution in [0, 0.1) is 5.82 Å². The fraction of sp³-hybridized carbons (Fsp3) is 0.250. The van der Waals surface area contributed by atoms with Crippen LogP contribution in [-0.2, 0) is 16.0 Å². The summed E-state index contributed by atoms with van der Waals surface area (Å²) in [6.45, 7) is 2.08. The summed E-state index contributed by atoms with van der Waals surface area (Å²) in [5.74, 6) is -0.183. The Bertz CT molecular complexity index is 516. The van der Waals surface area contributed by atoms with E-state index in [4.69, 9.17) is 9.15 Å². The van der Waals surface area contributed by atoms with Gasteiger partial charge in [0.1, 0.15) is 23.6 Å². The third-order valence-electron chi connectivity index (χ3n) is 2.15. The van der Waals surface area contributed by atoms with Crippen molar-refractivity contribution in [2.45, 2.75) is 13.3 Å². The molecule has 3 nitrogen and oxygen atoms in total. The van der Waals surface area contributed by atoms with Crippen molar-refractivity contribution in [2.75, 3.05) is 6.61 Å². The first-order valence-electron chi connectivity index (χ1n) is 5.02. The van der Waals surface area contributed by atoms with Crippen molar-refractivity contribution >= 4 is 16.9 Å². The highest BCUT2D eigenvalue weighted by Crippen LogP contribution is 2.20. The number of rotatable bonds is 3. The Labute approximate surface area is 91.8 Å². The first-order chi connectivity index (χ1) is 7.69. The van der Waals surface area contributed by atoms with E-state index in [1.807, 2.05) is 0 Å². The van der Waals surface area contributed by atoms with Gasteiger partial charge in [0, 0.05) is 5.39 Å². The van der Waals surface area contributed by atoms with Gasteiger partial charge in [0.2, 0.25) is 0 Å². The van der Waals surface area contributed by atoms with Crippen LogP contribution >= 0.6 is 0 Å². The lowest BCUT2D eigenvalue weighted by Gasteiger charge is -1.97. The van der Waals surface area contributed by atoms with Crippen LogP contribution in [-0.4, -0.2) is 12.6 Å². The summed E-state index contributed by atoms with van der Waals surface area (Å²) >= 11 is 0. The van der Waals surface area contributed by atoms with Crippen LogP contribution in [0.25, 0.3) is 11.0 Å². The number of esters is 1. The van der Waals surface area contributed by atoms with Crippen molar-refractivity contribution in [3.8, 4) is 0 Å². The van der Waals surface area contributed by atoms with Crippen LogP contribution < -0.4 is 0 Å². The van der Waals surface area contributed by atoms with Crippen LogP contribution in [0.3, 0.4) is 0 Å². The molecule has 1 aromatic heterocycles. The zero-order valence-electron chi connectivity index (χ0n) is 8.83. The predicted molar refractivity (Wildman–Crippen MR) is 56.5 cm³/mol. The molecule has 0 saturated carbocycles. The first kappa shape index (κ1) is 10.7. The smallest absolute Gasteiger partial charge is 0.313 e. The first-order valence-corrected chi connectivity index (χ1v) is 5.02. The summed E-state index contributed by atoms with van der Waals surface area (Å²) in [6.07, 6.45) is 0.0736. The number of carbonyl (C=O) groups excluding carboxylic acids is 1. The van der Waals surface area contributed by atoms with E-state index in [9.17, 15) is 9.18 Å². The monoisotopic (exact) mass is 222 g/mol. The van der Waals surface area contributed by atoms with Gasteiger partial charge in [0.15, 0.2) is 0 Å². The van der Waals surface area contributed by atoms with E-state index in [1.54, 1.807) is 19.1 Å². The molecule has 0 N–H and O–H groups in total. The van der Waals surface area contributed by atoms with Crippen molar-refractivity contribution in [3.63, 3.8) is 0 Å². The summed E-state index contributed by atoms with van der Waals surface area (Å²) in [6, 6.07) is 5.88. The standard InChI is InChI=1S/C12H11FO3/c1-2-15-12(14)7-10-6-8-5-9(13)3-4-11(8)16-10/h3-6H,2,7H2,1H3. The lowest BCUT2D eigenvalue weighted by molar-refractivity contribution is -0.142. The van der Waals surface area contributed by atoms with Gasteiger partial charge in [-0.25, -0.2) is 4.39 Å². The summed E-state index contributed by atoms with van der Waals surface area (Å²) in [5.41, 5.74) is 0.570. The van der Waals surface area contributed by atoms with Gasteiger partial charge < -0.3 is 9.15 Å². The molecular weight excluding hydrogens is 211 g/mol. The molecule has 0 unspecified atom stereocenters. The molecule has 0 spiro atoms. The number of furan rings is 1. The second-order valence-electron chi connectivity index (χ2n) is 3.38. The van der Waals surface area contributed by atoms with Crippen molar-refractivity contribution in [1.29, 1.82) is 0 Å². The lowest BCUT2D eigenvalue weighted by Crippen LogP contribution is -2.06. The van der Waals surface area contributed by atoms with Gasteiger partial charge in [0.05, 0.1) is 6.61 Å². The third-order valence-corrected chi connectivity index (χ3v) is 2.15. The molecule has 1 heterocycles. The molecule has 2 rings (SSSR count). The Morgan fingerprint density at radius 1 is 1.44 bits per heavy atom. The molecule has 0 radical (unpaired) electrons. The zero-order chi connectivity index (χ0) is 11.5. The van der Waals surface area contributed by atoms with Crippen molar-refractivity contribution in [1.82, 2.24) is 0 Å². The quantitative estimate of drug-likeness (QED) is 0.749. The average Bonchev–Trinajstić information content (AvgIpc) is 2.59. The van der Waals surface area contributed by atoms with Crippen molar-refractivity contribution in [2.24, 2.45) is 0 Å². The van der Waals surface area contributed by atoms with Gasteiger partial charge >= 0.3 is 5.97 Å². The number of benzene rings is 1. The number of carbonyl (C=O) groups is 1. The van der Waals surface area contributed by atoms with Gasteiger partial charge in [-0.2, -0.15) is 0 Å². The summed E-state index contributed by atoms with van der Waals surface area (Å²) in [5, 5.41) is 0.652. The molecule has 0 aliphatic heterocycles. The van der Waals surface area contributed by atoms with E-state index in [-0.39, 0.29) is 18.2 Å². The number of hydrogen-bond donors (Lipinski definition) is 0. The van der Waals surface area contributed by atoms with E-state index < -0.39 is 0 Å². The highest BCUT2D eigenvalue weighted by molar-refractivity contribution is 5.80. The Hall–Kier alpha value is -1.84. The number of ether oxygens (including phenoxy) is 1. The second-order valence-corrected chi connectivity index (χ2v) is 3.38. The minimum absolute atomic E-state index is 0.0736. The molecule has 16 heavy (non-hydrogen) atoms. The molecule has 0 aliphatic rings. The maximum atomic E-state index is 12.9. The Kier molecular flexibility index (Phi) is 2.90. The molecular formula is C12H11FO3. The average molecular weight is 222 g/mol. The maximum Gasteiger partial charge on any atom is 0.313 e. The molecule has 84 valence electrons. The second kappa shape index (κ2) is 4.35. The van der Waals surface area contributed by atoms with E-state index in [0.717, 1.165) is 0 Å². The Morgan fingerprint density at radius 3 is 3.00 bits per heavy atom. The number of fused-ring (bicyclic) bond motifs is 1. The van der Waals surface area contributed by atoms with Crippen molar-refractivity contribution < 1.29 is 18.3 Å². The minimum Gasteiger partial charge on any atom is -0.466 e. The molecule has 0 bridgehead atoms. The van der Waals surface area contributed by atoms with Gasteiger partial charge in [-0.1, -0.05) is 0 Å². The van der Waals surface area contributed by atoms with E-state index >= 15 is 0 Å². The SMILES string of the molecule is CCOC(=O)Cc1cc2cc(F)ccc2o1. The molecule has 0 atom stereocenters. The molecule has 2 aromatic rings. The molecule has 4 heteroatoms. The van der Waals surface area contributed by atoms with E-state index in [1.165, 1.54) is 12.1 Å². The summed E-state index contributed by atoms with van der Waals surface area (Å²) in [4.78, 5) is 11.2. The maximum absolute atomic E-state index is 12.9. The molecule has 1 aromatic carbocycles. The molecule has 0 aliphatic carbocycles. The van der Waals surface area contributed by atoms with Crippen LogP contribution in [0.4, 0.5) is 4.39 Å². The fourth-order valence-corrected chi connectivity index (χ4v) is 1.51. The highest BCUT2D eigenvalue weighted by Gasteiger charge is 2.09. The molecule has 0 amide bonds. The Balaban J connectivity index is 2.23. The van der Waals surface area contributed by atoms with Gasteiger partial charge in [-0.15, -0.1) is 0 Å².